The van der Waals surface area contributed by atoms with Crippen molar-refractivity contribution in [2.45, 2.75) is 64.8 Å². The summed E-state index contributed by atoms with van der Waals surface area (Å²) in [7, 11) is 0. The molecule has 2 N–H and O–H groups in total. The van der Waals surface area contributed by atoms with E-state index < -0.39 is 0 Å². The molecule has 0 aliphatic carbocycles. The minimum absolute atomic E-state index is 0.137. The zero-order chi connectivity index (χ0) is 14.3. The van der Waals surface area contributed by atoms with E-state index in [4.69, 9.17) is 5.73 Å². The van der Waals surface area contributed by atoms with E-state index in [1.165, 1.54) is 49.7 Å². The molecule has 1 aromatic carbocycles. The van der Waals surface area contributed by atoms with Crippen molar-refractivity contribution in [2.75, 3.05) is 0 Å². The van der Waals surface area contributed by atoms with Crippen molar-refractivity contribution in [2.24, 2.45) is 5.73 Å². The van der Waals surface area contributed by atoms with Gasteiger partial charge < -0.3 is 5.73 Å². The molecular formula is C16H25Br2N. The van der Waals surface area contributed by atoms with Gasteiger partial charge in [-0.3, -0.25) is 0 Å². The van der Waals surface area contributed by atoms with Crippen molar-refractivity contribution in [1.29, 1.82) is 0 Å². The fraction of sp³-hybridized carbons (Fsp3) is 0.625. The van der Waals surface area contributed by atoms with Crippen LogP contribution in [-0.4, -0.2) is 0 Å². The second-order valence-corrected chi connectivity index (χ2v) is 6.99. The molecule has 1 nitrogen and oxygen atoms in total. The van der Waals surface area contributed by atoms with Crippen LogP contribution in [0.4, 0.5) is 0 Å². The lowest BCUT2D eigenvalue weighted by Gasteiger charge is -2.15. The highest BCUT2D eigenvalue weighted by Gasteiger charge is 2.11. The van der Waals surface area contributed by atoms with E-state index in [-0.39, 0.29) is 6.04 Å². The summed E-state index contributed by atoms with van der Waals surface area (Å²) in [6.07, 6.45) is 8.98. The monoisotopic (exact) mass is 389 g/mol. The molecule has 0 aliphatic heterocycles. The lowest BCUT2D eigenvalue weighted by atomic mass is 9.99. The van der Waals surface area contributed by atoms with Gasteiger partial charge in [0.15, 0.2) is 0 Å². The van der Waals surface area contributed by atoms with E-state index in [1.807, 2.05) is 0 Å². The van der Waals surface area contributed by atoms with Crippen molar-refractivity contribution >= 4 is 31.9 Å². The van der Waals surface area contributed by atoms with Gasteiger partial charge in [-0.25, -0.2) is 0 Å². The van der Waals surface area contributed by atoms with Crippen LogP contribution in [0.3, 0.4) is 0 Å². The van der Waals surface area contributed by atoms with Gasteiger partial charge >= 0.3 is 0 Å². The molecule has 0 aliphatic rings. The fourth-order valence-corrected chi connectivity index (χ4v) is 3.36. The topological polar surface area (TPSA) is 26.0 Å². The third-order valence-corrected chi connectivity index (χ3v) is 5.09. The molecule has 0 amide bonds. The molecule has 0 radical (unpaired) electrons. The van der Waals surface area contributed by atoms with E-state index in [9.17, 15) is 0 Å². The van der Waals surface area contributed by atoms with Gasteiger partial charge in [-0.2, -0.15) is 0 Å². The third kappa shape index (κ3) is 5.97. The molecule has 0 aromatic heterocycles. The second-order valence-electron chi connectivity index (χ2n) is 5.29. The van der Waals surface area contributed by atoms with E-state index in [0.29, 0.717) is 0 Å². The Hall–Kier alpha value is 0.140. The number of rotatable bonds is 8. The Labute approximate surface area is 134 Å². The molecule has 108 valence electrons. The summed E-state index contributed by atoms with van der Waals surface area (Å²) in [6.45, 7) is 4.35. The van der Waals surface area contributed by atoms with Gasteiger partial charge in [0.05, 0.1) is 0 Å². The second kappa shape index (κ2) is 9.15. The van der Waals surface area contributed by atoms with Crippen LogP contribution in [-0.2, 0) is 0 Å². The Morgan fingerprint density at radius 1 is 1.00 bits per heavy atom. The van der Waals surface area contributed by atoms with Crippen molar-refractivity contribution in [3.63, 3.8) is 0 Å². The Balaban J connectivity index is 2.41. The maximum Gasteiger partial charge on any atom is 0.0306 e. The first-order valence-corrected chi connectivity index (χ1v) is 8.86. The lowest BCUT2D eigenvalue weighted by Crippen LogP contribution is -2.11. The molecule has 0 fully saturated rings. The van der Waals surface area contributed by atoms with Crippen molar-refractivity contribution in [3.05, 3.63) is 32.2 Å². The molecule has 0 heterocycles. The first-order chi connectivity index (χ1) is 9.06. The number of aryl methyl sites for hydroxylation is 1. The SMILES string of the molecule is CCCCCCCCC(N)c1cc(Br)c(C)cc1Br. The predicted molar refractivity (Wildman–Crippen MR) is 91.5 cm³/mol. The average molecular weight is 391 g/mol. The van der Waals surface area contributed by atoms with Gasteiger partial charge in [0.1, 0.15) is 0 Å². The van der Waals surface area contributed by atoms with Crippen LogP contribution in [0.5, 0.6) is 0 Å². The van der Waals surface area contributed by atoms with Gasteiger partial charge in [-0.05, 0) is 36.6 Å². The Morgan fingerprint density at radius 3 is 2.32 bits per heavy atom. The van der Waals surface area contributed by atoms with Crippen LogP contribution in [0.25, 0.3) is 0 Å². The van der Waals surface area contributed by atoms with E-state index in [2.05, 4.69) is 57.8 Å². The molecule has 0 bridgehead atoms. The number of hydrogen-bond donors (Lipinski definition) is 1. The number of hydrogen-bond acceptors (Lipinski definition) is 1. The van der Waals surface area contributed by atoms with Crippen molar-refractivity contribution < 1.29 is 0 Å². The summed E-state index contributed by atoms with van der Waals surface area (Å²) in [4.78, 5) is 0. The van der Waals surface area contributed by atoms with Gasteiger partial charge in [0.2, 0.25) is 0 Å². The van der Waals surface area contributed by atoms with E-state index in [1.54, 1.807) is 0 Å². The molecule has 3 heteroatoms. The first-order valence-electron chi connectivity index (χ1n) is 7.27. The highest BCUT2D eigenvalue weighted by Crippen LogP contribution is 2.30. The van der Waals surface area contributed by atoms with Crippen LogP contribution in [0.2, 0.25) is 0 Å². The van der Waals surface area contributed by atoms with Crippen LogP contribution < -0.4 is 5.73 Å². The molecule has 0 spiro atoms. The number of nitrogens with two attached hydrogens (primary N) is 1. The standard InChI is InChI=1S/C16H25Br2N/c1-3-4-5-6-7-8-9-16(19)13-11-14(17)12(2)10-15(13)18/h10-11,16H,3-9,19H2,1-2H3. The van der Waals surface area contributed by atoms with Gasteiger partial charge in [0.25, 0.3) is 0 Å². The summed E-state index contributed by atoms with van der Waals surface area (Å²) < 4.78 is 2.27. The number of unbranched alkanes of at least 4 members (excludes halogenated alkanes) is 5. The Morgan fingerprint density at radius 2 is 1.63 bits per heavy atom. The molecule has 0 saturated heterocycles. The first kappa shape index (κ1) is 17.2. The van der Waals surface area contributed by atoms with Crippen molar-refractivity contribution in [3.8, 4) is 0 Å². The molecular weight excluding hydrogens is 366 g/mol. The molecule has 19 heavy (non-hydrogen) atoms. The third-order valence-electron chi connectivity index (χ3n) is 3.55. The zero-order valence-electron chi connectivity index (χ0n) is 12.0. The summed E-state index contributed by atoms with van der Waals surface area (Å²) >= 11 is 7.21. The maximum absolute atomic E-state index is 6.30. The fourth-order valence-electron chi connectivity index (χ4n) is 2.25. The normalized spacial score (nSPS) is 12.7. The average Bonchev–Trinajstić information content (AvgIpc) is 2.37. The van der Waals surface area contributed by atoms with Gasteiger partial charge in [-0.1, -0.05) is 77.3 Å². The van der Waals surface area contributed by atoms with Crippen LogP contribution in [0, 0.1) is 6.92 Å². The summed E-state index contributed by atoms with van der Waals surface area (Å²) in [5.41, 5.74) is 8.76. The summed E-state index contributed by atoms with van der Waals surface area (Å²) in [6, 6.07) is 4.43. The minimum atomic E-state index is 0.137. The molecule has 1 unspecified atom stereocenters. The Kier molecular flexibility index (Phi) is 8.27. The Bertz CT molecular complexity index is 391. The number of benzene rings is 1. The molecule has 0 saturated carbocycles. The zero-order valence-corrected chi connectivity index (χ0v) is 15.2. The highest BCUT2D eigenvalue weighted by molar-refractivity contribution is 9.11. The van der Waals surface area contributed by atoms with Gasteiger partial charge in [0, 0.05) is 15.0 Å². The molecule has 1 atom stereocenters. The van der Waals surface area contributed by atoms with Crippen molar-refractivity contribution in [1.82, 2.24) is 0 Å². The quantitative estimate of drug-likeness (QED) is 0.520. The summed E-state index contributed by atoms with van der Waals surface area (Å²) in [5.74, 6) is 0. The number of halogens is 2. The largest absolute Gasteiger partial charge is 0.324 e. The van der Waals surface area contributed by atoms with Crippen LogP contribution in [0.15, 0.2) is 21.1 Å². The highest BCUT2D eigenvalue weighted by atomic mass is 79.9. The maximum atomic E-state index is 6.30. The van der Waals surface area contributed by atoms with E-state index >= 15 is 0 Å². The van der Waals surface area contributed by atoms with Crippen LogP contribution in [0.1, 0.15) is 69.0 Å². The van der Waals surface area contributed by atoms with E-state index in [0.717, 1.165) is 15.4 Å². The van der Waals surface area contributed by atoms with Crippen LogP contribution >= 0.6 is 31.9 Å². The predicted octanol–water partition coefficient (Wildman–Crippen LogP) is 6.27. The van der Waals surface area contributed by atoms with Gasteiger partial charge in [-0.15, -0.1) is 0 Å². The molecule has 1 aromatic rings. The molecule has 1 rings (SSSR count). The smallest absolute Gasteiger partial charge is 0.0306 e. The minimum Gasteiger partial charge on any atom is -0.324 e. The lowest BCUT2D eigenvalue weighted by molar-refractivity contribution is 0.546. The summed E-state index contributed by atoms with van der Waals surface area (Å²) in [5, 5.41) is 0.